The first-order valence-corrected chi connectivity index (χ1v) is 8.90. The van der Waals surface area contributed by atoms with Crippen LogP contribution in [0.2, 0.25) is 0 Å². The van der Waals surface area contributed by atoms with Gasteiger partial charge in [0, 0.05) is 31.8 Å². The zero-order valence-corrected chi connectivity index (χ0v) is 14.9. The molecular weight excluding hydrogens is 318 g/mol. The second-order valence-corrected chi connectivity index (χ2v) is 6.62. The van der Waals surface area contributed by atoms with E-state index < -0.39 is 0 Å². The maximum Gasteiger partial charge on any atom is 0.225 e. The van der Waals surface area contributed by atoms with Crippen LogP contribution in [0.5, 0.6) is 5.75 Å². The number of hydrogen-bond donors (Lipinski definition) is 0. The molecule has 0 saturated carbocycles. The van der Waals surface area contributed by atoms with Gasteiger partial charge in [-0.2, -0.15) is 4.98 Å². The van der Waals surface area contributed by atoms with Crippen molar-refractivity contribution < 1.29 is 14.1 Å². The molecule has 3 rings (SSSR count). The maximum absolute atomic E-state index is 12.6. The van der Waals surface area contributed by atoms with Crippen molar-refractivity contribution in [3.05, 3.63) is 42.0 Å². The highest BCUT2D eigenvalue weighted by molar-refractivity contribution is 5.78. The van der Waals surface area contributed by atoms with E-state index in [0.717, 1.165) is 43.9 Å². The molecule has 0 aliphatic carbocycles. The summed E-state index contributed by atoms with van der Waals surface area (Å²) in [6, 6.07) is 9.70. The second-order valence-electron chi connectivity index (χ2n) is 6.62. The van der Waals surface area contributed by atoms with Crippen molar-refractivity contribution >= 4 is 5.91 Å². The number of hydrogen-bond acceptors (Lipinski definition) is 5. The number of ether oxygens (including phenoxy) is 1. The number of aromatic nitrogens is 2. The zero-order chi connectivity index (χ0) is 17.6. The number of amides is 1. The van der Waals surface area contributed by atoms with Crippen molar-refractivity contribution in [3.63, 3.8) is 0 Å². The van der Waals surface area contributed by atoms with Crippen LogP contribution in [0.4, 0.5) is 0 Å². The van der Waals surface area contributed by atoms with E-state index >= 15 is 0 Å². The van der Waals surface area contributed by atoms with Crippen LogP contribution in [0.15, 0.2) is 34.9 Å². The smallest absolute Gasteiger partial charge is 0.225 e. The average molecular weight is 343 g/mol. The lowest BCUT2D eigenvalue weighted by molar-refractivity contribution is -0.136. The van der Waals surface area contributed by atoms with E-state index in [-0.39, 0.29) is 11.8 Å². The third-order valence-corrected chi connectivity index (χ3v) is 4.70. The standard InChI is InChI=1S/C19H25N3O3/c1-14(10-13-24-17-6-4-3-5-7-17)19(23)22-11-8-16(9-12-22)18-20-15(2)25-21-18/h3-7,14,16H,8-13H2,1-2H3/t14-/m0/s1. The largest absolute Gasteiger partial charge is 0.494 e. The van der Waals surface area contributed by atoms with Gasteiger partial charge < -0.3 is 14.2 Å². The van der Waals surface area contributed by atoms with Crippen LogP contribution in [0.25, 0.3) is 0 Å². The topological polar surface area (TPSA) is 68.5 Å². The minimum absolute atomic E-state index is 0.0346. The van der Waals surface area contributed by atoms with Gasteiger partial charge in [0.1, 0.15) is 5.75 Å². The predicted molar refractivity (Wildman–Crippen MR) is 93.3 cm³/mol. The number of carbonyl (C=O) groups is 1. The molecule has 1 saturated heterocycles. The summed E-state index contributed by atoms with van der Waals surface area (Å²) >= 11 is 0. The number of piperidine rings is 1. The van der Waals surface area contributed by atoms with Gasteiger partial charge >= 0.3 is 0 Å². The summed E-state index contributed by atoms with van der Waals surface area (Å²) in [6.45, 7) is 5.83. The molecule has 1 aliphatic rings. The van der Waals surface area contributed by atoms with Crippen LogP contribution in [0.1, 0.15) is 43.8 Å². The molecule has 0 N–H and O–H groups in total. The molecule has 2 heterocycles. The van der Waals surface area contributed by atoms with E-state index in [4.69, 9.17) is 9.26 Å². The Morgan fingerprint density at radius 3 is 2.68 bits per heavy atom. The fourth-order valence-electron chi connectivity index (χ4n) is 3.14. The molecular formula is C19H25N3O3. The summed E-state index contributed by atoms with van der Waals surface area (Å²) in [5, 5.41) is 4.01. The summed E-state index contributed by atoms with van der Waals surface area (Å²) < 4.78 is 10.7. The fourth-order valence-corrected chi connectivity index (χ4v) is 3.14. The van der Waals surface area contributed by atoms with Crippen LogP contribution in [-0.4, -0.2) is 40.6 Å². The molecule has 0 radical (unpaired) electrons. The van der Waals surface area contributed by atoms with E-state index in [9.17, 15) is 4.79 Å². The van der Waals surface area contributed by atoms with Crippen LogP contribution in [0, 0.1) is 12.8 Å². The van der Waals surface area contributed by atoms with Gasteiger partial charge in [0.2, 0.25) is 11.8 Å². The van der Waals surface area contributed by atoms with Crippen molar-refractivity contribution in [2.24, 2.45) is 5.92 Å². The Morgan fingerprint density at radius 2 is 2.04 bits per heavy atom. The molecule has 1 amide bonds. The molecule has 25 heavy (non-hydrogen) atoms. The van der Waals surface area contributed by atoms with Gasteiger partial charge in [-0.15, -0.1) is 0 Å². The molecule has 0 unspecified atom stereocenters. The summed E-state index contributed by atoms with van der Waals surface area (Å²) in [4.78, 5) is 18.9. The summed E-state index contributed by atoms with van der Waals surface area (Å²) in [5.74, 6) is 2.68. The van der Waals surface area contributed by atoms with Gasteiger partial charge in [0.25, 0.3) is 0 Å². The monoisotopic (exact) mass is 343 g/mol. The molecule has 1 aromatic heterocycles. The lowest BCUT2D eigenvalue weighted by Crippen LogP contribution is -2.41. The SMILES string of the molecule is Cc1nc(C2CCN(C(=O)[C@@H](C)CCOc3ccccc3)CC2)no1. The Bertz CT molecular complexity index is 678. The number of para-hydroxylation sites is 1. The van der Waals surface area contributed by atoms with Crippen molar-refractivity contribution in [3.8, 4) is 5.75 Å². The summed E-state index contributed by atoms with van der Waals surface area (Å²) in [7, 11) is 0. The molecule has 0 spiro atoms. The highest BCUT2D eigenvalue weighted by atomic mass is 16.5. The minimum atomic E-state index is -0.0346. The fraction of sp³-hybridized carbons (Fsp3) is 0.526. The Labute approximate surface area is 148 Å². The van der Waals surface area contributed by atoms with Crippen molar-refractivity contribution in [1.29, 1.82) is 0 Å². The Hall–Kier alpha value is -2.37. The van der Waals surface area contributed by atoms with Crippen LogP contribution < -0.4 is 4.74 Å². The minimum Gasteiger partial charge on any atom is -0.494 e. The highest BCUT2D eigenvalue weighted by Gasteiger charge is 2.28. The Balaban J connectivity index is 1.42. The van der Waals surface area contributed by atoms with Crippen molar-refractivity contribution in [1.82, 2.24) is 15.0 Å². The molecule has 0 bridgehead atoms. The zero-order valence-electron chi connectivity index (χ0n) is 14.9. The third kappa shape index (κ3) is 4.59. The van der Waals surface area contributed by atoms with Gasteiger partial charge in [-0.25, -0.2) is 0 Å². The van der Waals surface area contributed by atoms with Crippen molar-refractivity contribution in [2.45, 2.75) is 39.0 Å². The van der Waals surface area contributed by atoms with E-state index in [1.165, 1.54) is 0 Å². The van der Waals surface area contributed by atoms with Crippen molar-refractivity contribution in [2.75, 3.05) is 19.7 Å². The van der Waals surface area contributed by atoms with E-state index in [1.807, 2.05) is 42.2 Å². The number of carbonyl (C=O) groups excluding carboxylic acids is 1. The summed E-state index contributed by atoms with van der Waals surface area (Å²) in [6.07, 6.45) is 2.49. The molecule has 6 heteroatoms. The lowest BCUT2D eigenvalue weighted by atomic mass is 9.95. The first kappa shape index (κ1) is 17.5. The number of rotatable bonds is 6. The van der Waals surface area contributed by atoms with Gasteiger partial charge in [0.05, 0.1) is 6.61 Å². The number of aryl methyl sites for hydroxylation is 1. The molecule has 6 nitrogen and oxygen atoms in total. The Morgan fingerprint density at radius 1 is 1.32 bits per heavy atom. The van der Waals surface area contributed by atoms with Crippen LogP contribution >= 0.6 is 0 Å². The number of likely N-dealkylation sites (tertiary alicyclic amines) is 1. The van der Waals surface area contributed by atoms with Crippen LogP contribution in [0.3, 0.4) is 0 Å². The lowest BCUT2D eigenvalue weighted by Gasteiger charge is -2.32. The average Bonchev–Trinajstić information content (AvgIpc) is 3.08. The number of nitrogens with zero attached hydrogens (tertiary/aromatic N) is 3. The normalized spacial score (nSPS) is 16.6. The number of benzene rings is 1. The van der Waals surface area contributed by atoms with E-state index in [1.54, 1.807) is 6.92 Å². The predicted octanol–water partition coefficient (Wildman–Crippen LogP) is 3.19. The maximum atomic E-state index is 12.6. The molecule has 1 aromatic carbocycles. The van der Waals surface area contributed by atoms with E-state index in [2.05, 4.69) is 10.1 Å². The third-order valence-electron chi connectivity index (χ3n) is 4.70. The van der Waals surface area contributed by atoms with Crippen LogP contribution in [-0.2, 0) is 4.79 Å². The summed E-state index contributed by atoms with van der Waals surface area (Å²) in [5.41, 5.74) is 0. The quantitative estimate of drug-likeness (QED) is 0.806. The molecule has 1 aliphatic heterocycles. The van der Waals surface area contributed by atoms with Gasteiger partial charge in [-0.3, -0.25) is 4.79 Å². The second kappa shape index (κ2) is 8.14. The molecule has 2 aromatic rings. The molecule has 1 fully saturated rings. The Kier molecular flexibility index (Phi) is 5.68. The van der Waals surface area contributed by atoms with Gasteiger partial charge in [-0.05, 0) is 31.4 Å². The molecule has 134 valence electrons. The van der Waals surface area contributed by atoms with Gasteiger partial charge in [-0.1, -0.05) is 30.3 Å². The van der Waals surface area contributed by atoms with Gasteiger partial charge in [0.15, 0.2) is 5.82 Å². The first-order chi connectivity index (χ1) is 12.1. The first-order valence-electron chi connectivity index (χ1n) is 8.90. The molecule has 1 atom stereocenters. The van der Waals surface area contributed by atoms with E-state index in [0.29, 0.717) is 18.4 Å². The highest BCUT2D eigenvalue weighted by Crippen LogP contribution is 2.27.